The van der Waals surface area contributed by atoms with Crippen molar-refractivity contribution in [3.05, 3.63) is 69.3 Å². The summed E-state index contributed by atoms with van der Waals surface area (Å²) in [6, 6.07) is 14.0. The zero-order valence-electron chi connectivity index (χ0n) is 8.81. The molecule has 0 aromatic heterocycles. The molecule has 2 rings (SSSR count). The molecule has 0 N–H and O–H groups in total. The third-order valence-corrected chi connectivity index (χ3v) is 2.96. The van der Waals surface area contributed by atoms with Crippen molar-refractivity contribution in [1.82, 2.24) is 0 Å². The van der Waals surface area contributed by atoms with Crippen molar-refractivity contribution in [2.24, 2.45) is 0 Å². The molecule has 0 aliphatic rings. The van der Waals surface area contributed by atoms with Crippen LogP contribution in [0.3, 0.4) is 0 Å². The number of halogens is 2. The van der Waals surface area contributed by atoms with Crippen LogP contribution in [0, 0.1) is 5.21 Å². The first-order chi connectivity index (χ1) is 8.16. The quantitative estimate of drug-likeness (QED) is 0.345. The normalized spacial score (nSPS) is 11.5. The Morgan fingerprint density at radius 3 is 2.29 bits per heavy atom. The molecule has 0 radical (unpaired) electrons. The van der Waals surface area contributed by atoms with E-state index in [9.17, 15) is 5.21 Å². The van der Waals surface area contributed by atoms with Gasteiger partial charge in [-0.15, -0.1) is 0 Å². The van der Waals surface area contributed by atoms with E-state index in [1.165, 1.54) is 6.21 Å². The van der Waals surface area contributed by atoms with Gasteiger partial charge in [0.15, 0.2) is 6.21 Å². The third-order valence-electron chi connectivity index (χ3n) is 2.22. The van der Waals surface area contributed by atoms with Gasteiger partial charge in [-0.3, -0.25) is 0 Å². The summed E-state index contributed by atoms with van der Waals surface area (Å²) in [6.07, 6.45) is 1.46. The van der Waals surface area contributed by atoms with Gasteiger partial charge in [-0.25, -0.2) is 0 Å². The third kappa shape index (κ3) is 2.99. The summed E-state index contributed by atoms with van der Waals surface area (Å²) in [5.74, 6) is 0. The standard InChI is InChI=1S/C13H9Cl2NO/c14-12-7-6-10(8-13(12)15)9-16(17)11-4-2-1-3-5-11/h1-9H/b16-9+. The lowest BCUT2D eigenvalue weighted by Crippen LogP contribution is -1.98. The number of rotatable bonds is 2. The van der Waals surface area contributed by atoms with Crippen LogP contribution in [-0.4, -0.2) is 11.0 Å². The Labute approximate surface area is 109 Å². The summed E-state index contributed by atoms with van der Waals surface area (Å²) in [6.45, 7) is 0. The molecule has 0 unspecified atom stereocenters. The predicted molar refractivity (Wildman–Crippen MR) is 71.4 cm³/mol. The molecule has 0 saturated heterocycles. The van der Waals surface area contributed by atoms with Crippen LogP contribution in [0.1, 0.15) is 5.56 Å². The van der Waals surface area contributed by atoms with E-state index >= 15 is 0 Å². The SMILES string of the molecule is [O-]/[N+](=C/c1ccc(Cl)c(Cl)c1)c1ccccc1. The van der Waals surface area contributed by atoms with E-state index in [0.717, 1.165) is 4.74 Å². The van der Waals surface area contributed by atoms with Crippen LogP contribution in [0.2, 0.25) is 10.0 Å². The fourth-order valence-electron chi connectivity index (χ4n) is 1.38. The largest absolute Gasteiger partial charge is 0.618 e. The lowest BCUT2D eigenvalue weighted by Gasteiger charge is -2.03. The van der Waals surface area contributed by atoms with Gasteiger partial charge < -0.3 is 5.21 Å². The summed E-state index contributed by atoms with van der Waals surface area (Å²) < 4.78 is 0.791. The topological polar surface area (TPSA) is 26.1 Å². The minimum Gasteiger partial charge on any atom is -0.618 e. The lowest BCUT2D eigenvalue weighted by atomic mass is 10.2. The maximum Gasteiger partial charge on any atom is 0.216 e. The highest BCUT2D eigenvalue weighted by Gasteiger charge is 2.02. The average Bonchev–Trinajstić information content (AvgIpc) is 2.35. The number of benzene rings is 2. The Morgan fingerprint density at radius 2 is 1.65 bits per heavy atom. The Hall–Kier alpha value is -1.51. The highest BCUT2D eigenvalue weighted by Crippen LogP contribution is 2.22. The van der Waals surface area contributed by atoms with E-state index in [2.05, 4.69) is 0 Å². The van der Waals surface area contributed by atoms with E-state index in [4.69, 9.17) is 23.2 Å². The second-order valence-corrected chi connectivity index (χ2v) is 4.28. The fourth-order valence-corrected chi connectivity index (χ4v) is 1.68. The zero-order valence-corrected chi connectivity index (χ0v) is 10.3. The molecule has 0 fully saturated rings. The monoisotopic (exact) mass is 265 g/mol. The van der Waals surface area contributed by atoms with Gasteiger partial charge in [-0.05, 0) is 18.2 Å². The molecule has 2 nitrogen and oxygen atoms in total. The van der Waals surface area contributed by atoms with Crippen LogP contribution in [0.5, 0.6) is 0 Å². The fraction of sp³-hybridized carbons (Fsp3) is 0. The molecule has 0 atom stereocenters. The molecule has 0 aliphatic carbocycles. The first kappa shape index (κ1) is 12.0. The number of nitrogens with zero attached hydrogens (tertiary/aromatic N) is 1. The first-order valence-electron chi connectivity index (χ1n) is 4.98. The van der Waals surface area contributed by atoms with Gasteiger partial charge in [0.25, 0.3) is 0 Å². The second-order valence-electron chi connectivity index (χ2n) is 3.46. The van der Waals surface area contributed by atoms with Gasteiger partial charge in [-0.2, -0.15) is 4.74 Å². The first-order valence-corrected chi connectivity index (χ1v) is 5.74. The molecule has 17 heavy (non-hydrogen) atoms. The van der Waals surface area contributed by atoms with Gasteiger partial charge in [0.1, 0.15) is 0 Å². The van der Waals surface area contributed by atoms with Crippen LogP contribution >= 0.6 is 23.2 Å². The number of hydrogen-bond acceptors (Lipinski definition) is 1. The van der Waals surface area contributed by atoms with Crippen molar-refractivity contribution in [3.8, 4) is 0 Å². The molecule has 0 aliphatic heterocycles. The molecule has 86 valence electrons. The van der Waals surface area contributed by atoms with Crippen molar-refractivity contribution >= 4 is 35.1 Å². The van der Waals surface area contributed by atoms with Crippen LogP contribution in [0.15, 0.2) is 48.5 Å². The Kier molecular flexibility index (Phi) is 3.67. The molecular formula is C13H9Cl2NO. The van der Waals surface area contributed by atoms with Crippen molar-refractivity contribution in [1.29, 1.82) is 0 Å². The molecule has 2 aromatic carbocycles. The second kappa shape index (κ2) is 5.21. The van der Waals surface area contributed by atoms with Crippen molar-refractivity contribution in [2.45, 2.75) is 0 Å². The van der Waals surface area contributed by atoms with E-state index in [1.54, 1.807) is 30.3 Å². The highest BCUT2D eigenvalue weighted by molar-refractivity contribution is 6.42. The summed E-state index contributed by atoms with van der Waals surface area (Å²) in [5, 5.41) is 12.7. The summed E-state index contributed by atoms with van der Waals surface area (Å²) in [5.41, 5.74) is 1.27. The maximum absolute atomic E-state index is 11.8. The number of hydrogen-bond donors (Lipinski definition) is 0. The Morgan fingerprint density at radius 1 is 0.941 bits per heavy atom. The lowest BCUT2D eigenvalue weighted by molar-refractivity contribution is -0.354. The van der Waals surface area contributed by atoms with Crippen LogP contribution in [-0.2, 0) is 0 Å². The van der Waals surface area contributed by atoms with Gasteiger partial charge >= 0.3 is 0 Å². The molecule has 2 aromatic rings. The minimum absolute atomic E-state index is 0.432. The molecule has 0 saturated carbocycles. The van der Waals surface area contributed by atoms with Gasteiger partial charge in [0, 0.05) is 17.7 Å². The van der Waals surface area contributed by atoms with Crippen molar-refractivity contribution < 1.29 is 4.74 Å². The number of para-hydroxylation sites is 1. The Balaban J connectivity index is 2.33. The van der Waals surface area contributed by atoms with Crippen molar-refractivity contribution in [3.63, 3.8) is 0 Å². The van der Waals surface area contributed by atoms with E-state index in [0.29, 0.717) is 21.3 Å². The molecule has 0 spiro atoms. The van der Waals surface area contributed by atoms with Gasteiger partial charge in [0.2, 0.25) is 5.69 Å². The molecular weight excluding hydrogens is 257 g/mol. The summed E-state index contributed by atoms with van der Waals surface area (Å²) in [4.78, 5) is 0. The van der Waals surface area contributed by atoms with Crippen LogP contribution in [0.25, 0.3) is 0 Å². The molecule has 0 bridgehead atoms. The predicted octanol–water partition coefficient (Wildman–Crippen LogP) is 4.25. The maximum atomic E-state index is 11.8. The van der Waals surface area contributed by atoms with Gasteiger partial charge in [0.05, 0.1) is 10.0 Å². The molecule has 0 heterocycles. The smallest absolute Gasteiger partial charge is 0.216 e. The molecule has 4 heteroatoms. The Bertz CT molecular complexity index is 553. The van der Waals surface area contributed by atoms with E-state index in [-0.39, 0.29) is 0 Å². The summed E-state index contributed by atoms with van der Waals surface area (Å²) in [7, 11) is 0. The zero-order chi connectivity index (χ0) is 12.3. The van der Waals surface area contributed by atoms with Crippen LogP contribution in [0.4, 0.5) is 5.69 Å². The summed E-state index contributed by atoms with van der Waals surface area (Å²) >= 11 is 11.7. The van der Waals surface area contributed by atoms with E-state index in [1.807, 2.05) is 18.2 Å². The van der Waals surface area contributed by atoms with Crippen LogP contribution < -0.4 is 0 Å². The van der Waals surface area contributed by atoms with Gasteiger partial charge in [-0.1, -0.05) is 41.4 Å². The average molecular weight is 266 g/mol. The highest BCUT2D eigenvalue weighted by atomic mass is 35.5. The minimum atomic E-state index is 0.432. The van der Waals surface area contributed by atoms with E-state index < -0.39 is 0 Å². The van der Waals surface area contributed by atoms with Crippen molar-refractivity contribution in [2.75, 3.05) is 0 Å². The molecule has 0 amide bonds.